The van der Waals surface area contributed by atoms with Crippen LogP contribution in [0.2, 0.25) is 0 Å². The third-order valence-corrected chi connectivity index (χ3v) is 6.12. The Kier molecular flexibility index (Phi) is 4.35. The van der Waals surface area contributed by atoms with Gasteiger partial charge in [0.05, 0.1) is 11.0 Å². The molecule has 1 saturated heterocycles. The van der Waals surface area contributed by atoms with Crippen molar-refractivity contribution in [3.05, 3.63) is 54.1 Å². The Morgan fingerprint density at radius 3 is 2.67 bits per heavy atom. The summed E-state index contributed by atoms with van der Waals surface area (Å²) >= 11 is 1.35. The highest BCUT2D eigenvalue weighted by Gasteiger charge is 2.48. The maximum absolute atomic E-state index is 12.7. The first kappa shape index (κ1) is 18.5. The molecule has 0 saturated carbocycles. The number of carbonyl (C=O) groups excluding carboxylic acids is 2. The lowest BCUT2D eigenvalue weighted by Crippen LogP contribution is -2.63. The van der Waals surface area contributed by atoms with Crippen LogP contribution in [0.25, 0.3) is 11.0 Å². The van der Waals surface area contributed by atoms with Crippen molar-refractivity contribution >= 4 is 45.6 Å². The average Bonchev–Trinajstić information content (AvgIpc) is 3.29. The fraction of sp³-hybridized carbons (Fsp3) is 0.200. The van der Waals surface area contributed by atoms with E-state index in [1.807, 2.05) is 53.4 Å². The molecule has 1 fully saturated rings. The summed E-state index contributed by atoms with van der Waals surface area (Å²) in [7, 11) is 1.64. The van der Waals surface area contributed by atoms with Crippen molar-refractivity contribution in [1.82, 2.24) is 25.1 Å². The molecule has 0 radical (unpaired) electrons. The molecule has 1 aromatic heterocycles. The molecule has 3 amide bonds. The molecule has 3 heterocycles. The predicted octanol–water partition coefficient (Wildman–Crippen LogP) is 1.99. The van der Waals surface area contributed by atoms with Crippen molar-refractivity contribution in [2.45, 2.75) is 23.9 Å². The monoisotopic (exact) mass is 421 g/mol. The highest BCUT2D eigenvalue weighted by Crippen LogP contribution is 2.33. The van der Waals surface area contributed by atoms with Crippen molar-refractivity contribution in [2.24, 2.45) is 4.99 Å². The molecule has 2 aromatic carbocycles. The second kappa shape index (κ2) is 7.06. The number of hydrogen-bond donors (Lipinski definition) is 3. The SMILES string of the molecule is CN1C(=O)NC(=O)C2C1N=C(Sc1nc3ccccc3[nH]1)N2Cc1ccc(N)cc1. The van der Waals surface area contributed by atoms with Crippen molar-refractivity contribution in [1.29, 1.82) is 0 Å². The number of amidine groups is 1. The number of hydrogen-bond acceptors (Lipinski definition) is 7. The number of fused-ring (bicyclic) bond motifs is 2. The largest absolute Gasteiger partial charge is 0.399 e. The third kappa shape index (κ3) is 3.14. The van der Waals surface area contributed by atoms with Gasteiger partial charge in [0, 0.05) is 19.3 Å². The summed E-state index contributed by atoms with van der Waals surface area (Å²) in [6.45, 7) is 0.447. The van der Waals surface area contributed by atoms with Crippen LogP contribution in [0.1, 0.15) is 5.56 Å². The molecular weight excluding hydrogens is 402 g/mol. The van der Waals surface area contributed by atoms with Gasteiger partial charge in [0.2, 0.25) is 0 Å². The Bertz CT molecular complexity index is 1140. The molecule has 30 heavy (non-hydrogen) atoms. The molecule has 152 valence electrons. The van der Waals surface area contributed by atoms with Gasteiger partial charge in [-0.25, -0.2) is 14.8 Å². The van der Waals surface area contributed by atoms with Crippen LogP contribution < -0.4 is 11.1 Å². The van der Waals surface area contributed by atoms with E-state index in [9.17, 15) is 9.59 Å². The standard InChI is InChI=1S/C20H19N7O2S/c1-26-16-15(17(28)25-19(26)29)27(10-11-6-8-12(21)9-7-11)20(24-16)30-18-22-13-4-2-3-5-14(13)23-18/h2-9,15-16H,10,21H2,1H3,(H,22,23)(H,25,28,29). The molecule has 2 aliphatic rings. The van der Waals surface area contributed by atoms with Gasteiger partial charge in [0.25, 0.3) is 5.91 Å². The molecule has 3 aromatic rings. The molecule has 5 rings (SSSR count). The molecule has 9 nitrogen and oxygen atoms in total. The number of nitrogens with one attached hydrogen (secondary N) is 2. The summed E-state index contributed by atoms with van der Waals surface area (Å²) in [5, 5.41) is 3.71. The van der Waals surface area contributed by atoms with Crippen LogP contribution in [0.15, 0.2) is 58.7 Å². The molecule has 2 atom stereocenters. The molecular formula is C20H19N7O2S. The lowest BCUT2D eigenvalue weighted by atomic mass is 10.1. The number of thioether (sulfide) groups is 1. The van der Waals surface area contributed by atoms with Crippen LogP contribution >= 0.6 is 11.8 Å². The van der Waals surface area contributed by atoms with Gasteiger partial charge in [-0.05, 0) is 41.6 Å². The van der Waals surface area contributed by atoms with E-state index in [4.69, 9.17) is 10.7 Å². The Morgan fingerprint density at radius 2 is 1.90 bits per heavy atom. The fourth-order valence-electron chi connectivity index (χ4n) is 3.64. The number of rotatable bonds is 3. The van der Waals surface area contributed by atoms with E-state index in [2.05, 4.69) is 15.3 Å². The maximum Gasteiger partial charge on any atom is 0.325 e. The maximum atomic E-state index is 12.7. The summed E-state index contributed by atoms with van der Waals surface area (Å²) in [5.74, 6) is -0.359. The number of amides is 3. The first-order chi connectivity index (χ1) is 14.5. The highest BCUT2D eigenvalue weighted by atomic mass is 32.2. The molecule has 4 N–H and O–H groups in total. The van der Waals surface area contributed by atoms with Gasteiger partial charge >= 0.3 is 6.03 Å². The van der Waals surface area contributed by atoms with Gasteiger partial charge in [0.1, 0.15) is 0 Å². The predicted molar refractivity (Wildman–Crippen MR) is 115 cm³/mol. The number of benzene rings is 2. The molecule has 10 heteroatoms. The molecule has 0 bridgehead atoms. The summed E-state index contributed by atoms with van der Waals surface area (Å²) in [6.07, 6.45) is -0.591. The van der Waals surface area contributed by atoms with E-state index in [0.717, 1.165) is 16.6 Å². The van der Waals surface area contributed by atoms with Gasteiger partial charge in [-0.1, -0.05) is 24.3 Å². The number of aromatic nitrogens is 2. The van der Waals surface area contributed by atoms with Crippen LogP contribution in [-0.2, 0) is 11.3 Å². The number of carbonyl (C=O) groups is 2. The number of H-pyrrole nitrogens is 1. The Balaban J connectivity index is 1.50. The van der Waals surface area contributed by atoms with Crippen LogP contribution in [0.5, 0.6) is 0 Å². The number of imide groups is 1. The third-order valence-electron chi connectivity index (χ3n) is 5.21. The number of anilines is 1. The van der Waals surface area contributed by atoms with E-state index in [0.29, 0.717) is 22.6 Å². The summed E-state index contributed by atoms with van der Waals surface area (Å²) in [5.41, 5.74) is 9.23. The fourth-order valence-corrected chi connectivity index (χ4v) is 4.57. The molecule has 0 spiro atoms. The summed E-state index contributed by atoms with van der Waals surface area (Å²) < 4.78 is 0. The number of aromatic amines is 1. The second-order valence-electron chi connectivity index (χ2n) is 7.21. The smallest absolute Gasteiger partial charge is 0.325 e. The Hall–Kier alpha value is -3.53. The Labute approximate surface area is 176 Å². The molecule has 0 aliphatic carbocycles. The zero-order chi connectivity index (χ0) is 20.8. The highest BCUT2D eigenvalue weighted by molar-refractivity contribution is 8.13. The van der Waals surface area contributed by atoms with Crippen LogP contribution in [-0.4, -0.2) is 56.1 Å². The lowest BCUT2D eigenvalue weighted by molar-refractivity contribution is -0.127. The van der Waals surface area contributed by atoms with Gasteiger partial charge < -0.3 is 20.5 Å². The number of nitrogen functional groups attached to an aromatic ring is 1. The van der Waals surface area contributed by atoms with Crippen LogP contribution in [0.3, 0.4) is 0 Å². The normalized spacial score (nSPS) is 21.0. The molecule has 2 unspecified atom stereocenters. The first-order valence-corrected chi connectivity index (χ1v) is 10.2. The van der Waals surface area contributed by atoms with Crippen molar-refractivity contribution < 1.29 is 9.59 Å². The number of nitrogens with zero attached hydrogens (tertiary/aromatic N) is 4. The summed E-state index contributed by atoms with van der Waals surface area (Å²) in [6, 6.07) is 14.2. The minimum atomic E-state index is -0.614. The quantitative estimate of drug-likeness (QED) is 0.557. The minimum absolute atomic E-state index is 0.359. The first-order valence-electron chi connectivity index (χ1n) is 9.39. The second-order valence-corrected chi connectivity index (χ2v) is 8.16. The summed E-state index contributed by atoms with van der Waals surface area (Å²) in [4.78, 5) is 40.8. The van der Waals surface area contributed by atoms with E-state index < -0.39 is 18.2 Å². The van der Waals surface area contributed by atoms with Gasteiger partial charge in [0.15, 0.2) is 22.5 Å². The number of para-hydroxylation sites is 2. The van der Waals surface area contributed by atoms with Crippen molar-refractivity contribution in [3.8, 4) is 0 Å². The zero-order valence-electron chi connectivity index (χ0n) is 16.1. The number of likely N-dealkylation sites (N-methyl/N-ethyl adjacent to an activating group) is 1. The minimum Gasteiger partial charge on any atom is -0.399 e. The van der Waals surface area contributed by atoms with E-state index in [1.165, 1.54) is 16.7 Å². The van der Waals surface area contributed by atoms with E-state index >= 15 is 0 Å². The number of aliphatic imine (C=N–C) groups is 1. The Morgan fingerprint density at radius 1 is 1.13 bits per heavy atom. The number of nitrogens with two attached hydrogens (primary N) is 1. The van der Waals surface area contributed by atoms with Crippen LogP contribution in [0.4, 0.5) is 10.5 Å². The number of urea groups is 1. The average molecular weight is 421 g/mol. The van der Waals surface area contributed by atoms with Gasteiger partial charge in [-0.3, -0.25) is 10.1 Å². The van der Waals surface area contributed by atoms with Crippen molar-refractivity contribution in [2.75, 3.05) is 12.8 Å². The topological polar surface area (TPSA) is 120 Å². The van der Waals surface area contributed by atoms with E-state index in [1.54, 1.807) is 7.05 Å². The van der Waals surface area contributed by atoms with E-state index in [-0.39, 0.29) is 5.91 Å². The van der Waals surface area contributed by atoms with Crippen LogP contribution in [0, 0.1) is 0 Å². The van der Waals surface area contributed by atoms with Gasteiger partial charge in [-0.15, -0.1) is 0 Å². The van der Waals surface area contributed by atoms with Gasteiger partial charge in [-0.2, -0.15) is 0 Å². The van der Waals surface area contributed by atoms with Crippen molar-refractivity contribution in [3.63, 3.8) is 0 Å². The zero-order valence-corrected chi connectivity index (χ0v) is 16.9. The number of imidazole rings is 1. The lowest BCUT2D eigenvalue weighted by Gasteiger charge is -2.36. The molecule has 2 aliphatic heterocycles.